The van der Waals surface area contributed by atoms with Crippen LogP contribution in [0.15, 0.2) is 55.9 Å². The standard InChI is InChI=1S/C15H9Br2FN2O/c16-8-5-6-12(18)10(7-8)14-13(15(19)21-20-14)9-3-1-2-4-11(9)17/h1-7H,19H2. The molecule has 0 aliphatic rings. The van der Waals surface area contributed by atoms with Crippen LogP contribution < -0.4 is 5.73 Å². The molecule has 0 radical (unpaired) electrons. The third-order valence-electron chi connectivity index (χ3n) is 3.05. The van der Waals surface area contributed by atoms with E-state index < -0.39 is 0 Å². The van der Waals surface area contributed by atoms with Crippen molar-refractivity contribution < 1.29 is 8.91 Å². The van der Waals surface area contributed by atoms with E-state index in [1.165, 1.54) is 6.07 Å². The van der Waals surface area contributed by atoms with Crippen molar-refractivity contribution in [2.75, 3.05) is 5.73 Å². The number of aromatic nitrogens is 1. The van der Waals surface area contributed by atoms with Crippen molar-refractivity contribution >= 4 is 37.7 Å². The van der Waals surface area contributed by atoms with Crippen LogP contribution in [0, 0.1) is 5.82 Å². The van der Waals surface area contributed by atoms with E-state index in [2.05, 4.69) is 37.0 Å². The average Bonchev–Trinajstić information content (AvgIpc) is 2.84. The van der Waals surface area contributed by atoms with Crippen LogP contribution in [-0.2, 0) is 0 Å². The molecule has 0 spiro atoms. The molecular weight excluding hydrogens is 403 g/mol. The molecule has 2 aromatic carbocycles. The molecule has 106 valence electrons. The lowest BCUT2D eigenvalue weighted by Gasteiger charge is -2.06. The van der Waals surface area contributed by atoms with Gasteiger partial charge in [-0.25, -0.2) is 4.39 Å². The summed E-state index contributed by atoms with van der Waals surface area (Å²) in [5, 5.41) is 3.92. The zero-order chi connectivity index (χ0) is 15.0. The number of nitrogens with zero attached hydrogens (tertiary/aromatic N) is 1. The van der Waals surface area contributed by atoms with Crippen LogP contribution in [0.2, 0.25) is 0 Å². The smallest absolute Gasteiger partial charge is 0.230 e. The van der Waals surface area contributed by atoms with Crippen LogP contribution in [0.3, 0.4) is 0 Å². The summed E-state index contributed by atoms with van der Waals surface area (Å²) in [6, 6.07) is 12.1. The Morgan fingerprint density at radius 3 is 2.57 bits per heavy atom. The molecule has 6 heteroatoms. The predicted molar refractivity (Wildman–Crippen MR) is 87.1 cm³/mol. The van der Waals surface area contributed by atoms with Crippen molar-refractivity contribution in [3.8, 4) is 22.4 Å². The zero-order valence-electron chi connectivity index (χ0n) is 10.6. The summed E-state index contributed by atoms with van der Waals surface area (Å²) in [7, 11) is 0. The van der Waals surface area contributed by atoms with Gasteiger partial charge in [-0.1, -0.05) is 55.2 Å². The molecule has 3 nitrogen and oxygen atoms in total. The fourth-order valence-electron chi connectivity index (χ4n) is 2.09. The van der Waals surface area contributed by atoms with Gasteiger partial charge in [0.05, 0.1) is 5.56 Å². The molecule has 1 heterocycles. The molecule has 3 rings (SSSR count). The van der Waals surface area contributed by atoms with Gasteiger partial charge in [-0.15, -0.1) is 0 Å². The molecule has 0 aliphatic carbocycles. The third-order valence-corrected chi connectivity index (χ3v) is 4.23. The minimum Gasteiger partial charge on any atom is -0.367 e. The Hall–Kier alpha value is -1.66. The second-order valence-electron chi connectivity index (χ2n) is 4.37. The summed E-state index contributed by atoms with van der Waals surface area (Å²) < 4.78 is 20.8. The van der Waals surface area contributed by atoms with E-state index >= 15 is 0 Å². The van der Waals surface area contributed by atoms with E-state index in [-0.39, 0.29) is 11.7 Å². The Kier molecular flexibility index (Phi) is 3.82. The van der Waals surface area contributed by atoms with E-state index in [1.54, 1.807) is 12.1 Å². The number of benzene rings is 2. The maximum atomic E-state index is 14.1. The van der Waals surface area contributed by atoms with E-state index in [9.17, 15) is 4.39 Å². The summed E-state index contributed by atoms with van der Waals surface area (Å²) in [4.78, 5) is 0. The second kappa shape index (κ2) is 5.61. The lowest BCUT2D eigenvalue weighted by atomic mass is 10.0. The molecule has 0 saturated heterocycles. The third kappa shape index (κ3) is 2.61. The van der Waals surface area contributed by atoms with Crippen LogP contribution >= 0.6 is 31.9 Å². The van der Waals surface area contributed by atoms with Crippen molar-refractivity contribution in [1.82, 2.24) is 5.16 Å². The molecule has 21 heavy (non-hydrogen) atoms. The number of hydrogen-bond acceptors (Lipinski definition) is 3. The first-order chi connectivity index (χ1) is 10.1. The highest BCUT2D eigenvalue weighted by Crippen LogP contribution is 2.40. The van der Waals surface area contributed by atoms with Gasteiger partial charge in [0.2, 0.25) is 5.88 Å². The molecule has 3 aromatic rings. The van der Waals surface area contributed by atoms with Gasteiger partial charge in [0, 0.05) is 20.1 Å². The normalized spacial score (nSPS) is 10.8. The molecule has 0 atom stereocenters. The number of nitrogens with two attached hydrogens (primary N) is 1. The fraction of sp³-hybridized carbons (Fsp3) is 0. The molecule has 0 amide bonds. The van der Waals surface area contributed by atoms with Crippen LogP contribution in [0.1, 0.15) is 0 Å². The highest BCUT2D eigenvalue weighted by atomic mass is 79.9. The minimum absolute atomic E-state index is 0.149. The highest BCUT2D eigenvalue weighted by molar-refractivity contribution is 9.10. The Morgan fingerprint density at radius 1 is 1.05 bits per heavy atom. The van der Waals surface area contributed by atoms with Gasteiger partial charge in [0.25, 0.3) is 0 Å². The lowest BCUT2D eigenvalue weighted by molar-refractivity contribution is 0.439. The van der Waals surface area contributed by atoms with Gasteiger partial charge in [-0.05, 0) is 24.3 Å². The first kappa shape index (κ1) is 14.3. The van der Waals surface area contributed by atoms with Crippen molar-refractivity contribution in [3.63, 3.8) is 0 Å². The minimum atomic E-state index is -0.389. The zero-order valence-corrected chi connectivity index (χ0v) is 13.8. The predicted octanol–water partition coefficient (Wildman–Crippen LogP) is 5.25. The van der Waals surface area contributed by atoms with Gasteiger partial charge < -0.3 is 10.3 Å². The maximum Gasteiger partial charge on any atom is 0.230 e. The average molecular weight is 412 g/mol. The van der Waals surface area contributed by atoms with Crippen molar-refractivity contribution in [2.24, 2.45) is 0 Å². The molecule has 1 aromatic heterocycles. The van der Waals surface area contributed by atoms with Gasteiger partial charge in [0.1, 0.15) is 11.5 Å². The summed E-state index contributed by atoms with van der Waals surface area (Å²) in [6.07, 6.45) is 0. The van der Waals surface area contributed by atoms with E-state index in [0.717, 1.165) is 14.5 Å². The van der Waals surface area contributed by atoms with Gasteiger partial charge >= 0.3 is 0 Å². The van der Waals surface area contributed by atoms with Crippen LogP contribution in [0.25, 0.3) is 22.4 Å². The first-order valence-electron chi connectivity index (χ1n) is 6.03. The van der Waals surface area contributed by atoms with Crippen LogP contribution in [0.4, 0.5) is 10.3 Å². The topological polar surface area (TPSA) is 52.0 Å². The van der Waals surface area contributed by atoms with Crippen molar-refractivity contribution in [2.45, 2.75) is 0 Å². The van der Waals surface area contributed by atoms with E-state index in [0.29, 0.717) is 16.8 Å². The Labute approximate surface area is 137 Å². The quantitative estimate of drug-likeness (QED) is 0.626. The SMILES string of the molecule is Nc1onc(-c2cc(Br)ccc2F)c1-c1ccccc1Br. The monoisotopic (exact) mass is 410 g/mol. The van der Waals surface area contributed by atoms with Gasteiger partial charge in [-0.2, -0.15) is 0 Å². The Balaban J connectivity index is 2.27. The fourth-order valence-corrected chi connectivity index (χ4v) is 2.93. The Bertz CT molecular complexity index is 817. The molecule has 0 fully saturated rings. The molecule has 2 N–H and O–H groups in total. The van der Waals surface area contributed by atoms with Crippen molar-refractivity contribution in [1.29, 1.82) is 0 Å². The Morgan fingerprint density at radius 2 is 1.81 bits per heavy atom. The molecule has 0 unspecified atom stereocenters. The first-order valence-corrected chi connectivity index (χ1v) is 7.62. The highest BCUT2D eigenvalue weighted by Gasteiger charge is 2.21. The van der Waals surface area contributed by atoms with Gasteiger partial charge in [0.15, 0.2) is 0 Å². The molecule has 0 saturated carbocycles. The number of halogens is 3. The van der Waals surface area contributed by atoms with Crippen LogP contribution in [-0.4, -0.2) is 5.16 Å². The summed E-state index contributed by atoms with van der Waals surface area (Å²) in [5.74, 6) is -0.240. The number of hydrogen-bond donors (Lipinski definition) is 1. The van der Waals surface area contributed by atoms with Crippen LogP contribution in [0.5, 0.6) is 0 Å². The van der Waals surface area contributed by atoms with E-state index in [4.69, 9.17) is 10.3 Å². The number of nitrogen functional groups attached to an aromatic ring is 1. The maximum absolute atomic E-state index is 14.1. The summed E-state index contributed by atoms with van der Waals surface area (Å²) in [6.45, 7) is 0. The molecular formula is C15H9Br2FN2O. The lowest BCUT2D eigenvalue weighted by Crippen LogP contribution is -1.91. The number of anilines is 1. The second-order valence-corrected chi connectivity index (χ2v) is 6.14. The van der Waals surface area contributed by atoms with E-state index in [1.807, 2.05) is 24.3 Å². The summed E-state index contributed by atoms with van der Waals surface area (Å²) >= 11 is 6.79. The van der Waals surface area contributed by atoms with Crippen molar-refractivity contribution in [3.05, 3.63) is 57.2 Å². The summed E-state index contributed by atoms with van der Waals surface area (Å²) in [5.41, 5.74) is 7.95. The molecule has 0 aliphatic heterocycles. The molecule has 0 bridgehead atoms. The number of rotatable bonds is 2. The van der Waals surface area contributed by atoms with Gasteiger partial charge in [-0.3, -0.25) is 0 Å². The largest absolute Gasteiger partial charge is 0.367 e.